The van der Waals surface area contributed by atoms with Crippen LogP contribution in [0.4, 0.5) is 22.0 Å². The van der Waals surface area contributed by atoms with Gasteiger partial charge >= 0.3 is 6.09 Å². The summed E-state index contributed by atoms with van der Waals surface area (Å²) < 4.78 is 0. The molecular weight excluding hydrogens is 342 g/mol. The van der Waals surface area contributed by atoms with Crippen molar-refractivity contribution in [2.75, 3.05) is 16.8 Å². The second-order valence-corrected chi connectivity index (χ2v) is 5.81. The lowest BCUT2D eigenvalue weighted by Crippen LogP contribution is -2.29. The summed E-state index contributed by atoms with van der Waals surface area (Å²) in [5, 5.41) is 13.2. The van der Waals surface area contributed by atoms with Gasteiger partial charge in [0, 0.05) is 29.5 Å². The molecule has 0 saturated carbocycles. The van der Waals surface area contributed by atoms with Crippen molar-refractivity contribution in [1.82, 2.24) is 15.0 Å². The highest BCUT2D eigenvalue weighted by Crippen LogP contribution is 2.28. The van der Waals surface area contributed by atoms with Gasteiger partial charge in [0.05, 0.1) is 11.4 Å². The predicted molar refractivity (Wildman–Crippen MR) is 97.8 cm³/mol. The number of aromatic nitrogens is 3. The summed E-state index contributed by atoms with van der Waals surface area (Å²) in [4.78, 5) is 25.7. The number of pyridine rings is 1. The van der Waals surface area contributed by atoms with Crippen LogP contribution in [0.2, 0.25) is 5.02 Å². The molecule has 0 aliphatic carbocycles. The molecule has 25 heavy (non-hydrogen) atoms. The van der Waals surface area contributed by atoms with Crippen molar-refractivity contribution < 1.29 is 9.90 Å². The van der Waals surface area contributed by atoms with Gasteiger partial charge in [-0.3, -0.25) is 4.90 Å². The summed E-state index contributed by atoms with van der Waals surface area (Å²) in [7, 11) is 0. The molecule has 3 aromatic rings. The second kappa shape index (κ2) is 6.90. The smallest absolute Gasteiger partial charge is 0.413 e. The number of nitrogens with zero attached hydrogens (tertiary/aromatic N) is 4. The predicted octanol–water partition coefficient (Wildman–Crippen LogP) is 4.23. The van der Waals surface area contributed by atoms with Crippen LogP contribution in [0.25, 0.3) is 11.2 Å². The van der Waals surface area contributed by atoms with Gasteiger partial charge in [0.15, 0.2) is 5.65 Å². The lowest BCUT2D eigenvalue weighted by Gasteiger charge is -2.18. The molecule has 0 radical (unpaired) electrons. The zero-order valence-corrected chi connectivity index (χ0v) is 14.4. The Morgan fingerprint density at radius 3 is 2.64 bits per heavy atom. The first-order chi connectivity index (χ1) is 12.0. The lowest BCUT2D eigenvalue weighted by atomic mass is 10.2. The van der Waals surface area contributed by atoms with Crippen molar-refractivity contribution in [3.05, 3.63) is 47.2 Å². The number of nitrogens with one attached hydrogen (secondary N) is 1. The van der Waals surface area contributed by atoms with Crippen LogP contribution in [-0.2, 0) is 0 Å². The van der Waals surface area contributed by atoms with E-state index in [0.717, 1.165) is 10.6 Å². The summed E-state index contributed by atoms with van der Waals surface area (Å²) in [6.45, 7) is 3.82. The van der Waals surface area contributed by atoms with Crippen molar-refractivity contribution in [2.24, 2.45) is 0 Å². The first-order valence-electron chi connectivity index (χ1n) is 7.65. The molecule has 1 amide bonds. The van der Waals surface area contributed by atoms with E-state index in [1.54, 1.807) is 31.3 Å². The minimum absolute atomic E-state index is 0.271. The topological polar surface area (TPSA) is 91.2 Å². The maximum atomic E-state index is 11.5. The molecular formula is C17H16ClN5O2. The number of aryl methyl sites for hydroxylation is 1. The molecule has 0 bridgehead atoms. The fourth-order valence-electron chi connectivity index (χ4n) is 2.39. The van der Waals surface area contributed by atoms with Gasteiger partial charge in [0.25, 0.3) is 0 Å². The van der Waals surface area contributed by atoms with Crippen molar-refractivity contribution in [2.45, 2.75) is 13.8 Å². The number of carboxylic acid groups (broad SMARTS) is 1. The molecule has 0 aliphatic rings. The van der Waals surface area contributed by atoms with E-state index in [-0.39, 0.29) is 6.54 Å². The van der Waals surface area contributed by atoms with E-state index >= 15 is 0 Å². The molecule has 2 aromatic heterocycles. The number of amides is 1. The van der Waals surface area contributed by atoms with Crippen LogP contribution in [0.1, 0.15) is 12.6 Å². The molecule has 3 rings (SSSR count). The third kappa shape index (κ3) is 3.61. The molecule has 0 fully saturated rings. The number of fused-ring (bicyclic) bond motifs is 1. The van der Waals surface area contributed by atoms with E-state index in [2.05, 4.69) is 20.3 Å². The van der Waals surface area contributed by atoms with Gasteiger partial charge in [0.2, 0.25) is 0 Å². The summed E-state index contributed by atoms with van der Waals surface area (Å²) in [6.07, 6.45) is 0.568. The third-order valence-corrected chi connectivity index (χ3v) is 3.82. The van der Waals surface area contributed by atoms with E-state index in [0.29, 0.717) is 33.4 Å². The zero-order chi connectivity index (χ0) is 18.0. The summed E-state index contributed by atoms with van der Waals surface area (Å²) in [5.74, 6) is 0.291. The second-order valence-electron chi connectivity index (χ2n) is 5.37. The Kier molecular flexibility index (Phi) is 4.67. The fraction of sp³-hybridized carbons (Fsp3) is 0.176. The SMILES string of the molecule is CCN(C(=O)O)c1cc(Nc2ccc(Cl)cc2)c2ncc(C)nc2n1. The Balaban J connectivity index is 2.14. The lowest BCUT2D eigenvalue weighted by molar-refractivity contribution is 0.202. The van der Waals surface area contributed by atoms with E-state index in [9.17, 15) is 9.90 Å². The number of halogens is 1. The molecule has 2 N–H and O–H groups in total. The first kappa shape index (κ1) is 16.9. The number of benzene rings is 1. The molecule has 0 aliphatic heterocycles. The number of hydrogen-bond donors (Lipinski definition) is 2. The Hall–Kier alpha value is -2.93. The maximum absolute atomic E-state index is 11.5. The first-order valence-corrected chi connectivity index (χ1v) is 8.03. The standard InChI is InChI=1S/C17H16ClN5O2/c1-3-23(17(24)25)14-8-13(21-12-6-4-11(18)5-7-12)15-16(22-14)20-10(2)9-19-15/h4-9H,3H2,1-2H3,(H,24,25)(H,20,21,22). The van der Waals surface area contributed by atoms with E-state index in [1.807, 2.05) is 19.1 Å². The van der Waals surface area contributed by atoms with Crippen LogP contribution in [0.5, 0.6) is 0 Å². The largest absolute Gasteiger partial charge is 0.465 e. The average molecular weight is 358 g/mol. The highest BCUT2D eigenvalue weighted by Gasteiger charge is 2.17. The molecule has 8 heteroatoms. The normalized spacial score (nSPS) is 10.7. The zero-order valence-electron chi connectivity index (χ0n) is 13.7. The highest BCUT2D eigenvalue weighted by molar-refractivity contribution is 6.30. The number of carbonyl (C=O) groups is 1. The molecule has 2 heterocycles. The minimum Gasteiger partial charge on any atom is -0.465 e. The molecule has 0 spiro atoms. The van der Waals surface area contributed by atoms with Gasteiger partial charge < -0.3 is 10.4 Å². The van der Waals surface area contributed by atoms with Crippen LogP contribution in [-0.4, -0.2) is 32.7 Å². The van der Waals surface area contributed by atoms with Crippen LogP contribution < -0.4 is 10.2 Å². The van der Waals surface area contributed by atoms with Gasteiger partial charge in [-0.1, -0.05) is 11.6 Å². The van der Waals surface area contributed by atoms with Gasteiger partial charge in [0.1, 0.15) is 11.3 Å². The Bertz CT molecular complexity index is 930. The molecule has 0 saturated heterocycles. The van der Waals surface area contributed by atoms with Crippen molar-refractivity contribution >= 4 is 46.1 Å². The van der Waals surface area contributed by atoms with Crippen LogP contribution >= 0.6 is 11.6 Å². The van der Waals surface area contributed by atoms with Crippen molar-refractivity contribution in [3.8, 4) is 0 Å². The van der Waals surface area contributed by atoms with Gasteiger partial charge in [-0.25, -0.2) is 19.7 Å². The summed E-state index contributed by atoms with van der Waals surface area (Å²) in [5.41, 5.74) is 3.06. The minimum atomic E-state index is -1.08. The maximum Gasteiger partial charge on any atom is 0.413 e. The van der Waals surface area contributed by atoms with Crippen molar-refractivity contribution in [1.29, 1.82) is 0 Å². The molecule has 0 unspecified atom stereocenters. The molecule has 7 nitrogen and oxygen atoms in total. The highest BCUT2D eigenvalue weighted by atomic mass is 35.5. The number of hydrogen-bond acceptors (Lipinski definition) is 5. The van der Waals surface area contributed by atoms with Gasteiger partial charge in [-0.15, -0.1) is 0 Å². The van der Waals surface area contributed by atoms with Gasteiger partial charge in [-0.2, -0.15) is 0 Å². The quantitative estimate of drug-likeness (QED) is 0.725. The Morgan fingerprint density at radius 2 is 2.00 bits per heavy atom. The average Bonchev–Trinajstić information content (AvgIpc) is 2.57. The monoisotopic (exact) mass is 357 g/mol. The van der Waals surface area contributed by atoms with E-state index < -0.39 is 6.09 Å². The Morgan fingerprint density at radius 1 is 1.28 bits per heavy atom. The molecule has 1 aromatic carbocycles. The van der Waals surface area contributed by atoms with Crippen molar-refractivity contribution in [3.63, 3.8) is 0 Å². The van der Waals surface area contributed by atoms with Gasteiger partial charge in [-0.05, 0) is 38.1 Å². The third-order valence-electron chi connectivity index (χ3n) is 3.57. The van der Waals surface area contributed by atoms with E-state index in [4.69, 9.17) is 11.6 Å². The fourth-order valence-corrected chi connectivity index (χ4v) is 2.51. The number of anilines is 3. The Labute approximate surface area is 149 Å². The number of rotatable bonds is 4. The molecule has 128 valence electrons. The van der Waals surface area contributed by atoms with Crippen LogP contribution in [0, 0.1) is 6.92 Å². The van der Waals surface area contributed by atoms with E-state index in [1.165, 1.54) is 0 Å². The molecule has 0 atom stereocenters. The summed E-state index contributed by atoms with van der Waals surface area (Å²) in [6, 6.07) is 8.83. The summed E-state index contributed by atoms with van der Waals surface area (Å²) >= 11 is 5.92. The van der Waals surface area contributed by atoms with Crippen LogP contribution in [0.3, 0.4) is 0 Å². The van der Waals surface area contributed by atoms with Crippen LogP contribution in [0.15, 0.2) is 36.5 Å².